The smallest absolute Gasteiger partial charge is 0.262 e. The molecule has 26 heavy (non-hydrogen) atoms. The third-order valence-corrected chi connectivity index (χ3v) is 4.13. The lowest BCUT2D eigenvalue weighted by atomic mass is 10.1. The molecule has 0 bridgehead atoms. The number of aryl methyl sites for hydroxylation is 1. The van der Waals surface area contributed by atoms with Gasteiger partial charge in [-0.25, -0.2) is 0 Å². The summed E-state index contributed by atoms with van der Waals surface area (Å²) in [5, 5.41) is 3.83. The fourth-order valence-corrected chi connectivity index (χ4v) is 2.75. The van der Waals surface area contributed by atoms with E-state index in [0.29, 0.717) is 17.1 Å². The average Bonchev–Trinajstić information content (AvgIpc) is 3.02. The van der Waals surface area contributed by atoms with Crippen LogP contribution in [0.1, 0.15) is 17.3 Å². The van der Waals surface area contributed by atoms with Crippen molar-refractivity contribution in [2.45, 2.75) is 6.92 Å². The van der Waals surface area contributed by atoms with Crippen LogP contribution in [0.4, 0.5) is 5.69 Å². The van der Waals surface area contributed by atoms with Gasteiger partial charge in [-0.2, -0.15) is 0 Å². The van der Waals surface area contributed by atoms with Gasteiger partial charge in [-0.15, -0.1) is 0 Å². The van der Waals surface area contributed by atoms with Crippen molar-refractivity contribution in [2.75, 3.05) is 19.0 Å². The predicted octanol–water partition coefficient (Wildman–Crippen LogP) is 3.41. The van der Waals surface area contributed by atoms with Crippen LogP contribution in [0, 0.1) is 0 Å². The van der Waals surface area contributed by atoms with Crippen LogP contribution in [-0.4, -0.2) is 30.0 Å². The lowest BCUT2D eigenvalue weighted by Gasteiger charge is -2.12. The van der Waals surface area contributed by atoms with Gasteiger partial charge in [-0.1, -0.05) is 6.07 Å². The fraction of sp³-hybridized carbons (Fsp3) is 0.200. The van der Waals surface area contributed by atoms with E-state index in [2.05, 4.69) is 5.32 Å². The van der Waals surface area contributed by atoms with E-state index in [1.807, 2.05) is 42.1 Å². The van der Waals surface area contributed by atoms with Gasteiger partial charge in [-0.05, 0) is 43.3 Å². The molecule has 0 unspecified atom stereocenters. The first-order valence-electron chi connectivity index (χ1n) is 8.15. The highest BCUT2D eigenvalue weighted by molar-refractivity contribution is 6.02. The van der Waals surface area contributed by atoms with E-state index in [1.54, 1.807) is 18.2 Å². The van der Waals surface area contributed by atoms with Gasteiger partial charge in [0.2, 0.25) is 0 Å². The topological polar surface area (TPSA) is 69.6 Å². The summed E-state index contributed by atoms with van der Waals surface area (Å²) in [4.78, 5) is 23.7. The number of rotatable bonds is 6. The molecule has 1 amide bonds. The van der Waals surface area contributed by atoms with Crippen molar-refractivity contribution in [2.24, 2.45) is 7.05 Å². The Bertz CT molecular complexity index is 975. The average molecular weight is 352 g/mol. The Labute approximate surface area is 151 Å². The molecule has 0 radical (unpaired) electrons. The molecule has 0 aliphatic heterocycles. The second kappa shape index (κ2) is 7.31. The van der Waals surface area contributed by atoms with E-state index in [1.165, 1.54) is 14.0 Å². The van der Waals surface area contributed by atoms with E-state index < -0.39 is 0 Å². The number of aromatic nitrogens is 1. The second-order valence-electron chi connectivity index (χ2n) is 5.92. The van der Waals surface area contributed by atoms with Crippen molar-refractivity contribution in [1.29, 1.82) is 0 Å². The molecule has 0 saturated heterocycles. The number of methoxy groups -OCH3 is 1. The molecule has 1 aromatic heterocycles. The quantitative estimate of drug-likeness (QED) is 0.690. The van der Waals surface area contributed by atoms with E-state index in [-0.39, 0.29) is 18.3 Å². The van der Waals surface area contributed by atoms with E-state index in [4.69, 9.17) is 9.47 Å². The first-order valence-corrected chi connectivity index (χ1v) is 8.15. The van der Waals surface area contributed by atoms with Gasteiger partial charge in [0, 0.05) is 29.7 Å². The number of ketones is 1. The number of nitrogens with zero attached hydrogens (tertiary/aromatic N) is 1. The monoisotopic (exact) mass is 352 g/mol. The maximum absolute atomic E-state index is 12.3. The number of fused-ring (bicyclic) bond motifs is 1. The number of nitrogens with one attached hydrogen (secondary N) is 1. The molecule has 1 N–H and O–H groups in total. The third kappa shape index (κ3) is 3.54. The summed E-state index contributed by atoms with van der Waals surface area (Å²) < 4.78 is 12.8. The maximum atomic E-state index is 12.3. The molecule has 6 heteroatoms. The van der Waals surface area contributed by atoms with Crippen LogP contribution in [0.2, 0.25) is 0 Å². The van der Waals surface area contributed by atoms with Gasteiger partial charge in [0.05, 0.1) is 12.8 Å². The normalized spacial score (nSPS) is 10.6. The fourth-order valence-electron chi connectivity index (χ4n) is 2.75. The van der Waals surface area contributed by atoms with Crippen molar-refractivity contribution < 1.29 is 19.1 Å². The number of hydrogen-bond acceptors (Lipinski definition) is 4. The zero-order valence-corrected chi connectivity index (χ0v) is 14.9. The maximum Gasteiger partial charge on any atom is 0.262 e. The lowest BCUT2D eigenvalue weighted by Crippen LogP contribution is -2.20. The molecular weight excluding hydrogens is 332 g/mol. The minimum Gasteiger partial charge on any atom is -0.493 e. The Morgan fingerprint density at radius 1 is 1.12 bits per heavy atom. The number of Topliss-reactive ketones (excluding diaryl/α,β-unsaturated/α-hetero) is 1. The van der Waals surface area contributed by atoms with E-state index in [0.717, 1.165) is 16.6 Å². The van der Waals surface area contributed by atoms with Crippen LogP contribution in [0.15, 0.2) is 48.7 Å². The number of carbonyl (C=O) groups is 2. The lowest BCUT2D eigenvalue weighted by molar-refractivity contribution is -0.118. The van der Waals surface area contributed by atoms with Crippen molar-refractivity contribution in [3.8, 4) is 11.5 Å². The Balaban J connectivity index is 1.70. The van der Waals surface area contributed by atoms with Crippen molar-refractivity contribution in [1.82, 2.24) is 4.57 Å². The SMILES string of the molecule is COc1cc(C(C)=O)ccc1OCC(=O)Nc1cccc2c1ccn2C. The van der Waals surface area contributed by atoms with Crippen LogP contribution < -0.4 is 14.8 Å². The highest BCUT2D eigenvalue weighted by Crippen LogP contribution is 2.28. The van der Waals surface area contributed by atoms with Crippen LogP contribution in [0.5, 0.6) is 11.5 Å². The van der Waals surface area contributed by atoms with Crippen LogP contribution in [-0.2, 0) is 11.8 Å². The second-order valence-corrected chi connectivity index (χ2v) is 5.92. The Hall–Kier alpha value is -3.28. The number of carbonyl (C=O) groups excluding carboxylic acids is 2. The predicted molar refractivity (Wildman–Crippen MR) is 100 cm³/mol. The first-order chi connectivity index (χ1) is 12.5. The van der Waals surface area contributed by atoms with Gasteiger partial charge < -0.3 is 19.4 Å². The van der Waals surface area contributed by atoms with Gasteiger partial charge in [0.1, 0.15) is 0 Å². The molecule has 3 aromatic rings. The molecule has 0 saturated carbocycles. The van der Waals surface area contributed by atoms with Crippen LogP contribution in [0.25, 0.3) is 10.9 Å². The number of anilines is 1. The van der Waals surface area contributed by atoms with Crippen molar-refractivity contribution in [3.63, 3.8) is 0 Å². The van der Waals surface area contributed by atoms with Crippen LogP contribution >= 0.6 is 0 Å². The highest BCUT2D eigenvalue weighted by atomic mass is 16.5. The summed E-state index contributed by atoms with van der Waals surface area (Å²) in [5.41, 5.74) is 2.29. The van der Waals surface area contributed by atoms with Gasteiger partial charge >= 0.3 is 0 Å². The Morgan fingerprint density at radius 3 is 2.65 bits per heavy atom. The first kappa shape index (κ1) is 17.5. The summed E-state index contributed by atoms with van der Waals surface area (Å²) in [5.74, 6) is 0.476. The summed E-state index contributed by atoms with van der Waals surface area (Å²) >= 11 is 0. The van der Waals surface area contributed by atoms with Crippen LogP contribution in [0.3, 0.4) is 0 Å². The number of hydrogen-bond donors (Lipinski definition) is 1. The Kier molecular flexibility index (Phi) is 4.93. The zero-order chi connectivity index (χ0) is 18.7. The number of amides is 1. The molecular formula is C20H20N2O4. The minimum atomic E-state index is -0.279. The molecule has 1 heterocycles. The summed E-state index contributed by atoms with van der Waals surface area (Å²) in [6.07, 6.45) is 1.94. The Morgan fingerprint density at radius 2 is 1.92 bits per heavy atom. The van der Waals surface area contributed by atoms with Crippen molar-refractivity contribution >= 4 is 28.3 Å². The largest absolute Gasteiger partial charge is 0.493 e. The molecule has 0 spiro atoms. The summed E-state index contributed by atoms with van der Waals surface area (Å²) in [6.45, 7) is 1.31. The standard InChI is InChI=1S/C20H20N2O4/c1-13(23)14-7-8-18(19(11-14)25-3)26-12-20(24)21-16-5-4-6-17-15(16)9-10-22(17)2/h4-11H,12H2,1-3H3,(H,21,24). The zero-order valence-electron chi connectivity index (χ0n) is 14.9. The molecule has 3 rings (SSSR count). The minimum absolute atomic E-state index is 0.0662. The summed E-state index contributed by atoms with van der Waals surface area (Å²) in [7, 11) is 3.44. The molecule has 0 fully saturated rings. The molecule has 2 aromatic carbocycles. The molecule has 6 nitrogen and oxygen atoms in total. The molecule has 134 valence electrons. The van der Waals surface area contributed by atoms with E-state index >= 15 is 0 Å². The molecule has 0 aliphatic carbocycles. The van der Waals surface area contributed by atoms with Gasteiger partial charge in [-0.3, -0.25) is 9.59 Å². The molecule has 0 aliphatic rings. The number of ether oxygens (including phenoxy) is 2. The highest BCUT2D eigenvalue weighted by Gasteiger charge is 2.12. The third-order valence-electron chi connectivity index (χ3n) is 4.13. The summed E-state index contributed by atoms with van der Waals surface area (Å²) in [6, 6.07) is 12.5. The van der Waals surface area contributed by atoms with Crippen molar-refractivity contribution in [3.05, 3.63) is 54.2 Å². The van der Waals surface area contributed by atoms with Gasteiger partial charge in [0.15, 0.2) is 23.9 Å². The number of benzene rings is 2. The molecule has 0 atom stereocenters. The van der Waals surface area contributed by atoms with E-state index in [9.17, 15) is 9.59 Å². The van der Waals surface area contributed by atoms with Gasteiger partial charge in [0.25, 0.3) is 5.91 Å².